The van der Waals surface area contributed by atoms with Crippen molar-refractivity contribution in [2.24, 2.45) is 0 Å². The van der Waals surface area contributed by atoms with E-state index in [1.165, 1.54) is 11.3 Å². The minimum Gasteiger partial charge on any atom is -0.487 e. The van der Waals surface area contributed by atoms with Crippen molar-refractivity contribution in [1.29, 1.82) is 0 Å². The zero-order valence-corrected chi connectivity index (χ0v) is 22.8. The molecule has 2 unspecified atom stereocenters. The van der Waals surface area contributed by atoms with Gasteiger partial charge in [0, 0.05) is 34.1 Å². The number of pyridine rings is 2. The van der Waals surface area contributed by atoms with Gasteiger partial charge in [-0.25, -0.2) is 4.98 Å². The molecule has 0 bridgehead atoms. The maximum absolute atomic E-state index is 13.6. The van der Waals surface area contributed by atoms with E-state index in [1.807, 2.05) is 84.8 Å². The van der Waals surface area contributed by atoms with Crippen molar-refractivity contribution in [3.8, 4) is 5.75 Å². The molecule has 4 heterocycles. The molecular weight excluding hydrogens is 522 g/mol. The van der Waals surface area contributed by atoms with Crippen LogP contribution in [0.5, 0.6) is 5.75 Å². The molecule has 200 valence electrons. The highest BCUT2D eigenvalue weighted by atomic mass is 32.1. The summed E-state index contributed by atoms with van der Waals surface area (Å²) in [5, 5.41) is 8.80. The molecular formula is C31H27N5O3S. The standard InChI is InChI=1S/C31H27N5O3S/c1-19-17-36(26-10-4-5-11-27(26)39-19)29-25(35-31(38)24-18-40-28-12-6-3-9-23(24)28)14-22(16-33-29)30(37)34-20(2)21-8-7-13-32-15-21/h3-16,18-20H,17H2,1-2H3,(H,34,37)(H,35,38). The van der Waals surface area contributed by atoms with Crippen LogP contribution in [-0.4, -0.2) is 34.4 Å². The fourth-order valence-electron chi connectivity index (χ4n) is 4.82. The summed E-state index contributed by atoms with van der Waals surface area (Å²) in [6.07, 6.45) is 4.85. The third-order valence-electron chi connectivity index (χ3n) is 6.81. The summed E-state index contributed by atoms with van der Waals surface area (Å²) in [5.41, 5.74) is 3.07. The Morgan fingerprint density at radius 1 is 1.05 bits per heavy atom. The number of amides is 2. The topological polar surface area (TPSA) is 96.5 Å². The highest BCUT2D eigenvalue weighted by Crippen LogP contribution is 2.40. The SMILES string of the molecule is CC1CN(c2ncc(C(=O)NC(C)c3cccnc3)cc2NC(=O)c2csc3ccccc23)c2ccccc2O1. The van der Waals surface area contributed by atoms with Crippen LogP contribution in [0.4, 0.5) is 17.2 Å². The van der Waals surface area contributed by atoms with Crippen molar-refractivity contribution in [3.05, 3.63) is 107 Å². The van der Waals surface area contributed by atoms with Crippen molar-refractivity contribution >= 4 is 50.4 Å². The number of hydrogen-bond acceptors (Lipinski definition) is 7. The van der Waals surface area contributed by atoms with Crippen LogP contribution in [0.3, 0.4) is 0 Å². The van der Waals surface area contributed by atoms with Gasteiger partial charge >= 0.3 is 0 Å². The highest BCUT2D eigenvalue weighted by molar-refractivity contribution is 7.17. The van der Waals surface area contributed by atoms with Gasteiger partial charge in [0.15, 0.2) is 5.82 Å². The van der Waals surface area contributed by atoms with Crippen molar-refractivity contribution < 1.29 is 14.3 Å². The molecule has 0 saturated heterocycles. The summed E-state index contributed by atoms with van der Waals surface area (Å²) in [4.78, 5) is 37.8. The second-order valence-electron chi connectivity index (χ2n) is 9.68. The number of nitrogens with zero attached hydrogens (tertiary/aromatic N) is 3. The molecule has 40 heavy (non-hydrogen) atoms. The molecule has 1 aliphatic heterocycles. The van der Waals surface area contributed by atoms with E-state index in [9.17, 15) is 9.59 Å². The van der Waals surface area contributed by atoms with Gasteiger partial charge in [0.2, 0.25) is 0 Å². The van der Waals surface area contributed by atoms with Crippen LogP contribution in [-0.2, 0) is 0 Å². The predicted octanol–water partition coefficient (Wildman–Crippen LogP) is 6.35. The first-order valence-electron chi connectivity index (χ1n) is 13.0. The third kappa shape index (κ3) is 4.99. The fourth-order valence-corrected chi connectivity index (χ4v) is 5.76. The van der Waals surface area contributed by atoms with Crippen molar-refractivity contribution in [1.82, 2.24) is 15.3 Å². The second-order valence-corrected chi connectivity index (χ2v) is 10.6. The van der Waals surface area contributed by atoms with E-state index in [-0.39, 0.29) is 24.0 Å². The van der Waals surface area contributed by atoms with Crippen LogP contribution in [0.2, 0.25) is 0 Å². The van der Waals surface area contributed by atoms with E-state index in [1.54, 1.807) is 24.7 Å². The summed E-state index contributed by atoms with van der Waals surface area (Å²) in [6.45, 7) is 4.41. The van der Waals surface area contributed by atoms with Crippen molar-refractivity contribution in [2.75, 3.05) is 16.8 Å². The molecule has 0 radical (unpaired) electrons. The van der Waals surface area contributed by atoms with Gasteiger partial charge in [-0.3, -0.25) is 14.6 Å². The molecule has 2 atom stereocenters. The maximum atomic E-state index is 13.6. The van der Waals surface area contributed by atoms with Crippen LogP contribution in [0.1, 0.15) is 46.2 Å². The number of rotatable bonds is 6. The molecule has 0 saturated carbocycles. The summed E-state index contributed by atoms with van der Waals surface area (Å²) >= 11 is 1.52. The van der Waals surface area contributed by atoms with Crippen LogP contribution >= 0.6 is 11.3 Å². The zero-order chi connectivity index (χ0) is 27.6. The third-order valence-corrected chi connectivity index (χ3v) is 7.78. The summed E-state index contributed by atoms with van der Waals surface area (Å²) in [5.74, 6) is 0.697. The maximum Gasteiger partial charge on any atom is 0.257 e. The summed E-state index contributed by atoms with van der Waals surface area (Å²) in [7, 11) is 0. The monoisotopic (exact) mass is 549 g/mol. The smallest absolute Gasteiger partial charge is 0.257 e. The number of para-hydroxylation sites is 2. The number of anilines is 3. The number of carbonyl (C=O) groups is 2. The van der Waals surface area contributed by atoms with Gasteiger partial charge in [0.05, 0.1) is 35.1 Å². The van der Waals surface area contributed by atoms with Crippen molar-refractivity contribution in [3.63, 3.8) is 0 Å². The average Bonchev–Trinajstić information content (AvgIpc) is 3.41. The van der Waals surface area contributed by atoms with E-state index in [0.29, 0.717) is 29.2 Å². The minimum absolute atomic E-state index is 0.107. The molecule has 6 rings (SSSR count). The number of nitrogens with one attached hydrogen (secondary N) is 2. The first kappa shape index (κ1) is 25.5. The number of thiophene rings is 1. The number of benzene rings is 2. The number of fused-ring (bicyclic) bond motifs is 2. The molecule has 0 fully saturated rings. The van der Waals surface area contributed by atoms with Gasteiger partial charge in [-0.1, -0.05) is 36.4 Å². The summed E-state index contributed by atoms with van der Waals surface area (Å²) < 4.78 is 7.06. The lowest BCUT2D eigenvalue weighted by atomic mass is 10.1. The number of aromatic nitrogens is 2. The van der Waals surface area contributed by atoms with Gasteiger partial charge in [-0.05, 0) is 49.7 Å². The Kier molecular flexibility index (Phi) is 6.88. The largest absolute Gasteiger partial charge is 0.487 e. The Bertz CT molecular complexity index is 1700. The fraction of sp³-hybridized carbons (Fsp3) is 0.161. The van der Waals surface area contributed by atoms with E-state index in [0.717, 1.165) is 27.1 Å². The number of carbonyl (C=O) groups excluding carboxylic acids is 2. The van der Waals surface area contributed by atoms with Crippen LogP contribution in [0.25, 0.3) is 10.1 Å². The Morgan fingerprint density at radius 2 is 1.88 bits per heavy atom. The molecule has 2 aromatic carbocycles. The molecule has 1 aliphatic rings. The lowest BCUT2D eigenvalue weighted by molar-refractivity contribution is 0.0938. The molecule has 2 amide bonds. The Labute approximate surface area is 235 Å². The van der Waals surface area contributed by atoms with Gasteiger partial charge in [0.1, 0.15) is 11.9 Å². The lowest BCUT2D eigenvalue weighted by Crippen LogP contribution is -2.36. The quantitative estimate of drug-likeness (QED) is 0.256. The highest BCUT2D eigenvalue weighted by Gasteiger charge is 2.28. The Morgan fingerprint density at radius 3 is 2.73 bits per heavy atom. The molecule has 0 aliphatic carbocycles. The average molecular weight is 550 g/mol. The van der Waals surface area contributed by atoms with E-state index in [4.69, 9.17) is 9.72 Å². The minimum atomic E-state index is -0.303. The van der Waals surface area contributed by atoms with Crippen LogP contribution < -0.4 is 20.3 Å². The Hall–Kier alpha value is -4.76. The molecule has 5 aromatic rings. The van der Waals surface area contributed by atoms with Gasteiger partial charge in [-0.2, -0.15) is 0 Å². The summed E-state index contributed by atoms with van der Waals surface area (Å²) in [6, 6.07) is 20.7. The second kappa shape index (κ2) is 10.8. The van der Waals surface area contributed by atoms with Crippen LogP contribution in [0.15, 0.2) is 90.7 Å². The molecule has 2 N–H and O–H groups in total. The molecule has 9 heteroatoms. The van der Waals surface area contributed by atoms with Gasteiger partial charge in [0.25, 0.3) is 11.8 Å². The van der Waals surface area contributed by atoms with Crippen LogP contribution in [0, 0.1) is 0 Å². The molecule has 0 spiro atoms. The molecule has 3 aromatic heterocycles. The van der Waals surface area contributed by atoms with Gasteiger partial charge in [-0.15, -0.1) is 11.3 Å². The van der Waals surface area contributed by atoms with Crippen molar-refractivity contribution in [2.45, 2.75) is 26.0 Å². The lowest BCUT2D eigenvalue weighted by Gasteiger charge is -2.35. The number of ether oxygens (including phenoxy) is 1. The van der Waals surface area contributed by atoms with E-state index in [2.05, 4.69) is 15.6 Å². The van der Waals surface area contributed by atoms with Gasteiger partial charge < -0.3 is 20.3 Å². The normalized spacial score (nSPS) is 15.2. The van der Waals surface area contributed by atoms with E-state index < -0.39 is 0 Å². The first-order chi connectivity index (χ1) is 19.5. The molecule has 8 nitrogen and oxygen atoms in total. The Balaban J connectivity index is 1.37. The zero-order valence-electron chi connectivity index (χ0n) is 22.0. The van der Waals surface area contributed by atoms with E-state index >= 15 is 0 Å². The predicted molar refractivity (Wildman–Crippen MR) is 158 cm³/mol. The first-order valence-corrected chi connectivity index (χ1v) is 13.9. The number of hydrogen-bond donors (Lipinski definition) is 2.